The van der Waals surface area contributed by atoms with Crippen molar-refractivity contribution in [3.8, 4) is 0 Å². The Labute approximate surface area is 332 Å². The number of carbonyl (C=O) groups is 1. The summed E-state index contributed by atoms with van der Waals surface area (Å²) in [5, 5.41) is 0. The van der Waals surface area contributed by atoms with Crippen LogP contribution in [0.25, 0.3) is 0 Å². The average Bonchev–Trinajstić information content (AvgIpc) is 3.16. The van der Waals surface area contributed by atoms with Crippen molar-refractivity contribution in [3.63, 3.8) is 0 Å². The van der Waals surface area contributed by atoms with Gasteiger partial charge in [-0.25, -0.2) is 4.57 Å². The van der Waals surface area contributed by atoms with Crippen LogP contribution in [0.3, 0.4) is 0 Å². The minimum atomic E-state index is -4.28. The molecular formula is C45H82NO7P. The third-order valence-corrected chi connectivity index (χ3v) is 10.0. The van der Waals surface area contributed by atoms with Crippen molar-refractivity contribution in [2.75, 3.05) is 26.4 Å². The number of nitrogens with two attached hydrogens (primary N) is 1. The standard InChI is InChI=1S/C45H82NO7P/c1-3-5-7-9-11-13-15-17-19-21-22-23-24-26-28-30-32-34-36-38-45(47)51-42-44(43-53-54(48,49)52-41-39-46)50-40-37-35-33-31-29-27-25-20-18-16-14-12-10-8-6-4-2/h11,13,17,19,22-23,26,28,37,40,44H,3-10,12,14-16,18,20-21,24-25,27,29-36,38-39,41-43,46H2,1-2H3,(H,48,49)/t44-/m1/s1. The van der Waals surface area contributed by atoms with Gasteiger partial charge in [-0.3, -0.25) is 13.8 Å². The van der Waals surface area contributed by atoms with E-state index in [1.54, 1.807) is 6.26 Å². The summed E-state index contributed by atoms with van der Waals surface area (Å²) in [6.07, 6.45) is 51.9. The van der Waals surface area contributed by atoms with Gasteiger partial charge in [-0.15, -0.1) is 0 Å². The van der Waals surface area contributed by atoms with Gasteiger partial charge in [0.05, 0.1) is 19.5 Å². The van der Waals surface area contributed by atoms with Crippen molar-refractivity contribution in [3.05, 3.63) is 60.9 Å². The third kappa shape index (κ3) is 41.2. The number of hydrogen-bond acceptors (Lipinski definition) is 7. The average molecular weight is 780 g/mol. The Morgan fingerprint density at radius 1 is 0.574 bits per heavy atom. The Morgan fingerprint density at radius 3 is 1.52 bits per heavy atom. The first-order valence-electron chi connectivity index (χ1n) is 21.8. The topological polar surface area (TPSA) is 117 Å². The maximum absolute atomic E-state index is 12.4. The van der Waals surface area contributed by atoms with Crippen molar-refractivity contribution in [2.45, 2.75) is 193 Å². The van der Waals surface area contributed by atoms with Crippen LogP contribution in [0.4, 0.5) is 0 Å². The first-order chi connectivity index (χ1) is 26.4. The molecule has 0 aliphatic rings. The van der Waals surface area contributed by atoms with Crippen molar-refractivity contribution in [1.82, 2.24) is 0 Å². The van der Waals surface area contributed by atoms with E-state index in [9.17, 15) is 14.3 Å². The predicted molar refractivity (Wildman–Crippen MR) is 228 cm³/mol. The van der Waals surface area contributed by atoms with E-state index >= 15 is 0 Å². The third-order valence-electron chi connectivity index (χ3n) is 9.03. The smallest absolute Gasteiger partial charge is 0.472 e. The van der Waals surface area contributed by atoms with Crippen LogP contribution in [0.5, 0.6) is 0 Å². The minimum absolute atomic E-state index is 0.0822. The number of carbonyl (C=O) groups excluding carboxylic acids is 1. The monoisotopic (exact) mass is 780 g/mol. The van der Waals surface area contributed by atoms with E-state index in [1.165, 1.54) is 109 Å². The van der Waals surface area contributed by atoms with Gasteiger partial charge in [0.1, 0.15) is 6.61 Å². The molecule has 0 saturated carbocycles. The molecule has 2 atom stereocenters. The van der Waals surface area contributed by atoms with Gasteiger partial charge in [0.25, 0.3) is 0 Å². The number of rotatable bonds is 41. The van der Waals surface area contributed by atoms with Gasteiger partial charge < -0.3 is 20.1 Å². The zero-order valence-corrected chi connectivity index (χ0v) is 35.6. The molecule has 0 heterocycles. The van der Waals surface area contributed by atoms with E-state index in [4.69, 9.17) is 24.3 Å². The van der Waals surface area contributed by atoms with Crippen LogP contribution >= 0.6 is 7.82 Å². The second-order valence-corrected chi connectivity index (χ2v) is 15.7. The van der Waals surface area contributed by atoms with E-state index in [0.29, 0.717) is 6.42 Å². The van der Waals surface area contributed by atoms with E-state index in [2.05, 4.69) is 62.5 Å². The Balaban J connectivity index is 4.15. The van der Waals surface area contributed by atoms with Gasteiger partial charge in [-0.05, 0) is 70.3 Å². The highest BCUT2D eigenvalue weighted by Crippen LogP contribution is 2.43. The zero-order chi connectivity index (χ0) is 39.5. The minimum Gasteiger partial charge on any atom is -0.492 e. The number of hydrogen-bond donors (Lipinski definition) is 2. The molecule has 3 N–H and O–H groups in total. The van der Waals surface area contributed by atoms with Gasteiger partial charge in [0, 0.05) is 13.0 Å². The lowest BCUT2D eigenvalue weighted by Crippen LogP contribution is -2.25. The first-order valence-corrected chi connectivity index (χ1v) is 23.3. The van der Waals surface area contributed by atoms with E-state index < -0.39 is 13.9 Å². The van der Waals surface area contributed by atoms with Crippen LogP contribution in [-0.4, -0.2) is 43.3 Å². The lowest BCUT2D eigenvalue weighted by atomic mass is 10.0. The van der Waals surface area contributed by atoms with Crippen LogP contribution < -0.4 is 5.73 Å². The SMILES string of the molecule is CCCCCC=CCC=CCC=CCC=CCCCCCC(=O)OC[C@H](COP(=O)(O)OCCN)OC=CCCCCCCCCCCCCCCCC. The molecule has 1 unspecified atom stereocenters. The molecule has 8 nitrogen and oxygen atoms in total. The molecule has 54 heavy (non-hydrogen) atoms. The zero-order valence-electron chi connectivity index (χ0n) is 34.7. The lowest BCUT2D eigenvalue weighted by Gasteiger charge is -2.19. The normalized spacial score (nSPS) is 14.0. The fourth-order valence-corrected chi connectivity index (χ4v) is 6.49. The second-order valence-electron chi connectivity index (χ2n) is 14.3. The summed E-state index contributed by atoms with van der Waals surface area (Å²) in [4.78, 5) is 22.3. The Hall–Kier alpha value is -1.96. The number of ether oxygens (including phenoxy) is 2. The number of phosphoric acid groups is 1. The molecule has 0 fully saturated rings. The van der Waals surface area contributed by atoms with Gasteiger partial charge in [-0.1, -0.05) is 165 Å². The van der Waals surface area contributed by atoms with Crippen molar-refractivity contribution in [2.24, 2.45) is 5.73 Å². The predicted octanol–water partition coefficient (Wildman–Crippen LogP) is 13.3. The highest BCUT2D eigenvalue weighted by Gasteiger charge is 2.24. The van der Waals surface area contributed by atoms with E-state index in [-0.39, 0.29) is 32.3 Å². The van der Waals surface area contributed by atoms with Crippen molar-refractivity contribution in [1.29, 1.82) is 0 Å². The van der Waals surface area contributed by atoms with Gasteiger partial charge in [0.15, 0.2) is 6.10 Å². The summed E-state index contributed by atoms with van der Waals surface area (Å²) < 4.78 is 33.2. The number of phosphoric ester groups is 1. The summed E-state index contributed by atoms with van der Waals surface area (Å²) in [5.41, 5.74) is 5.36. The molecule has 0 aromatic heterocycles. The van der Waals surface area contributed by atoms with Crippen LogP contribution in [0.15, 0.2) is 60.9 Å². The summed E-state index contributed by atoms with van der Waals surface area (Å²) in [6, 6.07) is 0. The Kier molecular flexibility index (Phi) is 40.7. The van der Waals surface area contributed by atoms with E-state index in [0.717, 1.165) is 57.8 Å². The molecular weight excluding hydrogens is 697 g/mol. The van der Waals surface area contributed by atoms with Crippen LogP contribution in [0.2, 0.25) is 0 Å². The Morgan fingerprint density at radius 2 is 1.00 bits per heavy atom. The van der Waals surface area contributed by atoms with E-state index in [1.807, 2.05) is 6.08 Å². The fourth-order valence-electron chi connectivity index (χ4n) is 5.73. The molecule has 0 aromatic rings. The molecule has 0 radical (unpaired) electrons. The molecule has 314 valence electrons. The molecule has 0 rings (SSSR count). The lowest BCUT2D eigenvalue weighted by molar-refractivity contribution is -0.147. The molecule has 0 aliphatic heterocycles. The number of esters is 1. The maximum atomic E-state index is 12.4. The fraction of sp³-hybridized carbons (Fsp3) is 0.756. The summed E-state index contributed by atoms with van der Waals surface area (Å²) in [5.74, 6) is -0.320. The van der Waals surface area contributed by atoms with Crippen LogP contribution in [0, 0.1) is 0 Å². The first kappa shape index (κ1) is 52.0. The highest BCUT2D eigenvalue weighted by molar-refractivity contribution is 7.47. The van der Waals surface area contributed by atoms with Crippen molar-refractivity contribution < 1.29 is 32.8 Å². The largest absolute Gasteiger partial charge is 0.492 e. The Bertz CT molecular complexity index is 1010. The summed E-state index contributed by atoms with van der Waals surface area (Å²) in [6.45, 7) is 4.15. The molecule has 0 aromatic carbocycles. The summed E-state index contributed by atoms with van der Waals surface area (Å²) >= 11 is 0. The van der Waals surface area contributed by atoms with Gasteiger partial charge in [0.2, 0.25) is 0 Å². The molecule has 0 aliphatic carbocycles. The molecule has 0 bridgehead atoms. The molecule has 0 amide bonds. The van der Waals surface area contributed by atoms with Crippen LogP contribution in [0.1, 0.15) is 187 Å². The van der Waals surface area contributed by atoms with Crippen LogP contribution in [-0.2, 0) is 27.9 Å². The van der Waals surface area contributed by atoms with Gasteiger partial charge in [-0.2, -0.15) is 0 Å². The quantitative estimate of drug-likeness (QED) is 0.0207. The second kappa shape index (κ2) is 42.2. The number of unbranched alkanes of at least 4 members (excludes halogenated alkanes) is 20. The van der Waals surface area contributed by atoms with Crippen molar-refractivity contribution >= 4 is 13.8 Å². The molecule has 0 saturated heterocycles. The molecule has 0 spiro atoms. The summed E-state index contributed by atoms with van der Waals surface area (Å²) in [7, 11) is -4.28. The highest BCUT2D eigenvalue weighted by atomic mass is 31.2. The van der Waals surface area contributed by atoms with Gasteiger partial charge >= 0.3 is 13.8 Å². The number of allylic oxidation sites excluding steroid dienone is 9. The maximum Gasteiger partial charge on any atom is 0.472 e. The molecule has 9 heteroatoms.